The van der Waals surface area contributed by atoms with Crippen molar-refractivity contribution in [1.82, 2.24) is 19.9 Å². The second-order valence-corrected chi connectivity index (χ2v) is 4.67. The van der Waals surface area contributed by atoms with E-state index in [-0.39, 0.29) is 0 Å². The third-order valence-corrected chi connectivity index (χ3v) is 3.48. The maximum Gasteiger partial charge on any atom is 0.231 e. The smallest absolute Gasteiger partial charge is 0.231 e. The molecule has 0 aromatic carbocycles. The molecule has 5 nitrogen and oxygen atoms in total. The summed E-state index contributed by atoms with van der Waals surface area (Å²) in [6, 6.07) is 7.57. The standard InChI is InChI=1S/C13H11N5S/c1-18(12-15-7-4-8-16-12)13-17-11(9-19-13)10-5-2-3-6-14-10/h2-9H,1H3. The number of rotatable bonds is 3. The summed E-state index contributed by atoms with van der Waals surface area (Å²) in [7, 11) is 1.90. The number of nitrogens with zero attached hydrogens (tertiary/aromatic N) is 5. The molecule has 0 radical (unpaired) electrons. The van der Waals surface area contributed by atoms with E-state index in [9.17, 15) is 0 Å². The summed E-state index contributed by atoms with van der Waals surface area (Å²) in [5.74, 6) is 0.629. The van der Waals surface area contributed by atoms with Crippen LogP contribution in [0.3, 0.4) is 0 Å². The van der Waals surface area contributed by atoms with Crippen LogP contribution in [0, 0.1) is 0 Å². The Morgan fingerprint density at radius 2 is 1.74 bits per heavy atom. The molecular formula is C13H11N5S. The van der Waals surface area contributed by atoms with Crippen LogP contribution in [-0.4, -0.2) is 27.0 Å². The molecule has 19 heavy (non-hydrogen) atoms. The van der Waals surface area contributed by atoms with Gasteiger partial charge in [0.2, 0.25) is 5.95 Å². The molecular weight excluding hydrogens is 258 g/mol. The van der Waals surface area contributed by atoms with E-state index >= 15 is 0 Å². The Hall–Kier alpha value is -2.34. The van der Waals surface area contributed by atoms with Gasteiger partial charge in [0, 0.05) is 31.0 Å². The fourth-order valence-electron chi connectivity index (χ4n) is 1.60. The SMILES string of the molecule is CN(c1ncccn1)c1nc(-c2ccccn2)cs1. The van der Waals surface area contributed by atoms with E-state index in [1.165, 1.54) is 0 Å². The first-order valence-corrected chi connectivity index (χ1v) is 6.60. The lowest BCUT2D eigenvalue weighted by atomic mass is 10.3. The first-order valence-electron chi connectivity index (χ1n) is 5.72. The van der Waals surface area contributed by atoms with Crippen LogP contribution >= 0.6 is 11.3 Å². The largest absolute Gasteiger partial charge is 0.289 e. The van der Waals surface area contributed by atoms with Crippen molar-refractivity contribution in [3.8, 4) is 11.4 Å². The molecule has 0 saturated carbocycles. The maximum atomic E-state index is 4.56. The Morgan fingerprint density at radius 3 is 2.47 bits per heavy atom. The zero-order valence-corrected chi connectivity index (χ0v) is 11.1. The monoisotopic (exact) mass is 269 g/mol. The van der Waals surface area contributed by atoms with Gasteiger partial charge in [-0.1, -0.05) is 6.07 Å². The predicted octanol–water partition coefficient (Wildman–Crippen LogP) is 2.76. The minimum absolute atomic E-state index is 0.629. The number of thiazole rings is 1. The van der Waals surface area contributed by atoms with Crippen LogP contribution in [-0.2, 0) is 0 Å². The van der Waals surface area contributed by atoms with Gasteiger partial charge in [-0.05, 0) is 18.2 Å². The van der Waals surface area contributed by atoms with Crippen molar-refractivity contribution in [2.75, 3.05) is 11.9 Å². The summed E-state index contributed by atoms with van der Waals surface area (Å²) in [5.41, 5.74) is 1.73. The average Bonchev–Trinajstić information content (AvgIpc) is 2.98. The number of hydrogen-bond acceptors (Lipinski definition) is 6. The van der Waals surface area contributed by atoms with Crippen molar-refractivity contribution in [3.63, 3.8) is 0 Å². The van der Waals surface area contributed by atoms with E-state index in [0.717, 1.165) is 16.5 Å². The fraction of sp³-hybridized carbons (Fsp3) is 0.0769. The molecule has 0 unspecified atom stereocenters. The van der Waals surface area contributed by atoms with Gasteiger partial charge < -0.3 is 0 Å². The van der Waals surface area contributed by atoms with E-state index in [2.05, 4.69) is 19.9 Å². The minimum atomic E-state index is 0.629. The molecule has 0 fully saturated rings. The molecule has 3 aromatic rings. The Kier molecular flexibility index (Phi) is 3.16. The van der Waals surface area contributed by atoms with Gasteiger partial charge in [-0.3, -0.25) is 9.88 Å². The maximum absolute atomic E-state index is 4.56. The molecule has 0 amide bonds. The van der Waals surface area contributed by atoms with Crippen LogP contribution < -0.4 is 4.90 Å². The molecule has 0 aliphatic rings. The van der Waals surface area contributed by atoms with Gasteiger partial charge in [-0.25, -0.2) is 15.0 Å². The van der Waals surface area contributed by atoms with Gasteiger partial charge in [0.15, 0.2) is 5.13 Å². The van der Waals surface area contributed by atoms with Gasteiger partial charge in [0.25, 0.3) is 0 Å². The number of anilines is 2. The van der Waals surface area contributed by atoms with Crippen LogP contribution in [0.2, 0.25) is 0 Å². The van der Waals surface area contributed by atoms with Crippen LogP contribution in [0.15, 0.2) is 48.2 Å². The normalized spacial score (nSPS) is 10.4. The second-order valence-electron chi connectivity index (χ2n) is 3.84. The molecule has 3 rings (SSSR count). The molecule has 0 aliphatic heterocycles. The summed E-state index contributed by atoms with van der Waals surface area (Å²) in [6.07, 6.45) is 5.19. The Labute approximate surface area is 114 Å². The Morgan fingerprint density at radius 1 is 0.947 bits per heavy atom. The Bertz CT molecular complexity index is 653. The number of hydrogen-bond donors (Lipinski definition) is 0. The zero-order chi connectivity index (χ0) is 13.1. The first-order chi connectivity index (χ1) is 9.34. The van der Waals surface area contributed by atoms with Gasteiger partial charge in [-0.15, -0.1) is 11.3 Å². The lowest BCUT2D eigenvalue weighted by Crippen LogP contribution is -2.12. The number of aromatic nitrogens is 4. The highest BCUT2D eigenvalue weighted by atomic mass is 32.1. The second kappa shape index (κ2) is 5.11. The van der Waals surface area contributed by atoms with Crippen molar-refractivity contribution >= 4 is 22.4 Å². The minimum Gasteiger partial charge on any atom is -0.289 e. The molecule has 94 valence electrons. The summed E-state index contributed by atoms with van der Waals surface area (Å²) in [6.45, 7) is 0. The molecule has 0 atom stereocenters. The summed E-state index contributed by atoms with van der Waals surface area (Å²) in [4.78, 5) is 19.1. The number of pyridine rings is 1. The quantitative estimate of drug-likeness (QED) is 0.731. The van der Waals surface area contributed by atoms with Crippen molar-refractivity contribution in [1.29, 1.82) is 0 Å². The first kappa shape index (κ1) is 11.7. The van der Waals surface area contributed by atoms with Crippen LogP contribution in [0.1, 0.15) is 0 Å². The molecule has 0 aliphatic carbocycles. The third-order valence-electron chi connectivity index (χ3n) is 2.56. The van der Waals surface area contributed by atoms with E-state index in [0.29, 0.717) is 5.95 Å². The van der Waals surface area contributed by atoms with E-state index < -0.39 is 0 Å². The van der Waals surface area contributed by atoms with E-state index in [1.54, 1.807) is 36.0 Å². The lowest BCUT2D eigenvalue weighted by Gasteiger charge is -2.12. The van der Waals surface area contributed by atoms with Gasteiger partial charge in [0.1, 0.15) is 5.69 Å². The third kappa shape index (κ3) is 2.43. The summed E-state index contributed by atoms with van der Waals surface area (Å²) >= 11 is 1.54. The molecule has 0 spiro atoms. The Balaban J connectivity index is 1.90. The highest BCUT2D eigenvalue weighted by Gasteiger charge is 2.12. The summed E-state index contributed by atoms with van der Waals surface area (Å²) in [5, 5.41) is 2.82. The summed E-state index contributed by atoms with van der Waals surface area (Å²) < 4.78 is 0. The van der Waals surface area contributed by atoms with Crippen molar-refractivity contribution in [2.24, 2.45) is 0 Å². The molecule has 3 heterocycles. The molecule has 0 N–H and O–H groups in total. The molecule has 0 saturated heterocycles. The van der Waals surface area contributed by atoms with E-state index in [4.69, 9.17) is 0 Å². The molecule has 0 bridgehead atoms. The van der Waals surface area contributed by atoms with Gasteiger partial charge >= 0.3 is 0 Å². The van der Waals surface area contributed by atoms with Gasteiger partial charge in [0.05, 0.1) is 5.69 Å². The predicted molar refractivity (Wildman–Crippen MR) is 75.4 cm³/mol. The highest BCUT2D eigenvalue weighted by molar-refractivity contribution is 7.14. The molecule has 3 aromatic heterocycles. The zero-order valence-electron chi connectivity index (χ0n) is 10.3. The average molecular weight is 269 g/mol. The molecule has 6 heteroatoms. The van der Waals surface area contributed by atoms with Crippen LogP contribution in [0.4, 0.5) is 11.1 Å². The van der Waals surface area contributed by atoms with Crippen molar-refractivity contribution in [2.45, 2.75) is 0 Å². The van der Waals surface area contributed by atoms with Crippen molar-refractivity contribution in [3.05, 3.63) is 48.2 Å². The lowest BCUT2D eigenvalue weighted by molar-refractivity contribution is 1.03. The fourth-order valence-corrected chi connectivity index (χ4v) is 2.38. The van der Waals surface area contributed by atoms with E-state index in [1.807, 2.05) is 35.5 Å². The topological polar surface area (TPSA) is 54.8 Å². The van der Waals surface area contributed by atoms with Crippen LogP contribution in [0.5, 0.6) is 0 Å². The van der Waals surface area contributed by atoms with Crippen molar-refractivity contribution < 1.29 is 0 Å². The van der Waals surface area contributed by atoms with Crippen LogP contribution in [0.25, 0.3) is 11.4 Å². The highest BCUT2D eigenvalue weighted by Crippen LogP contribution is 2.28. The van der Waals surface area contributed by atoms with Gasteiger partial charge in [-0.2, -0.15) is 0 Å².